The fourth-order valence-electron chi connectivity index (χ4n) is 6.64. The number of carbonyl (C=O) groups is 2. The molecule has 6 heterocycles. The quantitative estimate of drug-likeness (QED) is 0.422. The van der Waals surface area contributed by atoms with Crippen molar-refractivity contribution in [1.82, 2.24) is 34.0 Å². The summed E-state index contributed by atoms with van der Waals surface area (Å²) in [5.74, 6) is 0.00474. The van der Waals surface area contributed by atoms with Crippen LogP contribution in [-0.2, 0) is 17.9 Å². The molecule has 0 bridgehead atoms. The molecule has 0 unspecified atom stereocenters. The van der Waals surface area contributed by atoms with Crippen LogP contribution >= 0.6 is 0 Å². The van der Waals surface area contributed by atoms with Crippen molar-refractivity contribution in [2.24, 2.45) is 0 Å². The smallest absolute Gasteiger partial charge is 0.320 e. The lowest BCUT2D eigenvalue weighted by Gasteiger charge is -2.37. The summed E-state index contributed by atoms with van der Waals surface area (Å²) >= 11 is 0. The Kier molecular flexibility index (Phi) is 6.05. The molecule has 0 saturated carbocycles. The summed E-state index contributed by atoms with van der Waals surface area (Å²) in [6.07, 6.45) is 7.67. The van der Waals surface area contributed by atoms with Gasteiger partial charge in [-0.1, -0.05) is 6.07 Å². The monoisotopic (exact) mass is 548 g/mol. The van der Waals surface area contributed by atoms with Gasteiger partial charge in [-0.3, -0.25) is 9.20 Å². The van der Waals surface area contributed by atoms with Crippen molar-refractivity contribution >= 4 is 39.6 Å². The third-order valence-electron chi connectivity index (χ3n) is 8.79. The normalized spacial score (nSPS) is 18.0. The molecule has 0 aliphatic carbocycles. The molecule has 1 fully saturated rings. The van der Waals surface area contributed by atoms with Crippen LogP contribution in [0.2, 0.25) is 0 Å². The van der Waals surface area contributed by atoms with Gasteiger partial charge in [0, 0.05) is 62.1 Å². The number of likely N-dealkylation sites (tertiary alicyclic amines) is 1. The number of benzene rings is 1. The fraction of sp³-hybridized carbons (Fsp3) is 0.355. The number of piperidine rings is 1. The van der Waals surface area contributed by atoms with Crippen LogP contribution in [0.5, 0.6) is 0 Å². The molecule has 10 heteroatoms. The molecule has 208 valence electrons. The van der Waals surface area contributed by atoms with E-state index < -0.39 is 0 Å². The minimum atomic E-state index is 0.00474. The molecule has 1 aromatic carbocycles. The highest BCUT2D eigenvalue weighted by atomic mass is 16.2. The average molecular weight is 549 g/mol. The van der Waals surface area contributed by atoms with Gasteiger partial charge in [0.05, 0.1) is 46.9 Å². The first kappa shape index (κ1) is 25.4. The average Bonchev–Trinajstić information content (AvgIpc) is 3.65. The summed E-state index contributed by atoms with van der Waals surface area (Å²) in [4.78, 5) is 37.5. The zero-order chi connectivity index (χ0) is 28.2. The van der Waals surface area contributed by atoms with E-state index in [9.17, 15) is 14.9 Å². The number of urea groups is 1. The predicted molar refractivity (Wildman–Crippen MR) is 156 cm³/mol. The molecule has 10 nitrogen and oxygen atoms in total. The maximum absolute atomic E-state index is 13.6. The largest absolute Gasteiger partial charge is 0.376 e. The number of Topliss-reactive ketones (excluding diaryl/α,β-unsaturated/α-hetero) is 1. The molecule has 3 aliphatic heterocycles. The summed E-state index contributed by atoms with van der Waals surface area (Å²) in [5.41, 5.74) is 6.24. The molecular formula is C31H32N8O2. The Morgan fingerprint density at radius 3 is 2.73 bits per heavy atom. The SMILES string of the molecule is CN(C)C1CCN(C(=O)N2CCn3cc(C4=C(c5cnc6ccccn56)C(=O)CN4)c4cc(C#N)cc(c43)C2)CC1. The second-order valence-electron chi connectivity index (χ2n) is 11.4. The van der Waals surface area contributed by atoms with E-state index in [4.69, 9.17) is 0 Å². The molecule has 0 spiro atoms. The zero-order valence-corrected chi connectivity index (χ0v) is 23.3. The van der Waals surface area contributed by atoms with Gasteiger partial charge in [-0.15, -0.1) is 0 Å². The van der Waals surface area contributed by atoms with E-state index in [1.807, 2.05) is 50.7 Å². The van der Waals surface area contributed by atoms with Crippen molar-refractivity contribution in [1.29, 1.82) is 5.26 Å². The van der Waals surface area contributed by atoms with Crippen LogP contribution in [0.25, 0.3) is 27.8 Å². The highest BCUT2D eigenvalue weighted by Gasteiger charge is 2.32. The molecule has 4 aromatic rings. The molecule has 3 aliphatic rings. The summed E-state index contributed by atoms with van der Waals surface area (Å²) < 4.78 is 4.11. The standard InChI is InChI=1S/C31H32N8O2/c1-35(2)22-6-9-36(10-7-22)31(41)38-12-11-37-19-24(23-14-20(15-32)13-21(18-38)30(23)37)29-28(26(40)17-34-29)25-16-33-27-5-3-4-8-39(25)27/h3-5,8,13-14,16,19,22,34H,6-7,9-12,17-18H2,1-2H3. The van der Waals surface area contributed by atoms with Crippen LogP contribution in [0, 0.1) is 11.3 Å². The molecule has 1 N–H and O–H groups in total. The maximum atomic E-state index is 13.6. The van der Waals surface area contributed by atoms with Crippen molar-refractivity contribution in [3.05, 3.63) is 71.3 Å². The fourth-order valence-corrected chi connectivity index (χ4v) is 6.64. The first-order chi connectivity index (χ1) is 19.9. The number of nitrogens with zero attached hydrogens (tertiary/aromatic N) is 7. The number of pyridine rings is 1. The Labute approximate surface area is 238 Å². The van der Waals surface area contributed by atoms with Gasteiger partial charge in [0.2, 0.25) is 0 Å². The number of aromatic nitrogens is 3. The minimum absolute atomic E-state index is 0.00474. The first-order valence-corrected chi connectivity index (χ1v) is 14.1. The molecule has 1 saturated heterocycles. The summed E-state index contributed by atoms with van der Waals surface area (Å²) in [6, 6.07) is 12.4. The second-order valence-corrected chi connectivity index (χ2v) is 11.4. The van der Waals surface area contributed by atoms with E-state index >= 15 is 0 Å². The van der Waals surface area contributed by atoms with E-state index in [0.717, 1.165) is 65.0 Å². The molecule has 7 rings (SSSR count). The highest BCUT2D eigenvalue weighted by molar-refractivity contribution is 6.32. The van der Waals surface area contributed by atoms with Crippen molar-refractivity contribution in [2.45, 2.75) is 32.0 Å². The number of rotatable bonds is 3. The molecule has 0 radical (unpaired) electrons. The van der Waals surface area contributed by atoms with Gasteiger partial charge in [0.1, 0.15) is 5.65 Å². The molecular weight excluding hydrogens is 516 g/mol. The number of ketones is 1. The van der Waals surface area contributed by atoms with Crippen molar-refractivity contribution in [2.75, 3.05) is 40.3 Å². The summed E-state index contributed by atoms with van der Waals surface area (Å²) in [5, 5.41) is 14.2. The van der Waals surface area contributed by atoms with E-state index in [-0.39, 0.29) is 18.4 Å². The lowest BCUT2D eigenvalue weighted by molar-refractivity contribution is -0.112. The Bertz CT molecular complexity index is 1780. The van der Waals surface area contributed by atoms with Crippen LogP contribution in [-0.4, -0.2) is 86.8 Å². The number of fused-ring (bicyclic) bond motifs is 1. The van der Waals surface area contributed by atoms with Gasteiger partial charge in [-0.2, -0.15) is 5.26 Å². The van der Waals surface area contributed by atoms with Crippen LogP contribution in [0.1, 0.15) is 35.2 Å². The number of amides is 2. The van der Waals surface area contributed by atoms with E-state index in [2.05, 4.69) is 46.1 Å². The maximum Gasteiger partial charge on any atom is 0.320 e. The van der Waals surface area contributed by atoms with E-state index in [1.165, 1.54) is 0 Å². The number of nitriles is 1. The van der Waals surface area contributed by atoms with Crippen LogP contribution in [0.15, 0.2) is 48.9 Å². The van der Waals surface area contributed by atoms with Crippen LogP contribution < -0.4 is 5.32 Å². The summed E-state index contributed by atoms with van der Waals surface area (Å²) in [6.45, 7) is 3.34. The number of hydrogen-bond donors (Lipinski definition) is 1. The predicted octanol–water partition coefficient (Wildman–Crippen LogP) is 3.16. The summed E-state index contributed by atoms with van der Waals surface area (Å²) in [7, 11) is 4.20. The van der Waals surface area contributed by atoms with Crippen LogP contribution in [0.4, 0.5) is 4.79 Å². The van der Waals surface area contributed by atoms with Crippen molar-refractivity contribution < 1.29 is 9.59 Å². The first-order valence-electron chi connectivity index (χ1n) is 14.1. The molecule has 41 heavy (non-hydrogen) atoms. The van der Waals surface area contributed by atoms with Gasteiger partial charge >= 0.3 is 6.03 Å². The Morgan fingerprint density at radius 2 is 1.95 bits per heavy atom. The highest BCUT2D eigenvalue weighted by Crippen LogP contribution is 2.37. The molecule has 0 atom stereocenters. The lowest BCUT2D eigenvalue weighted by atomic mass is 10.00. The topological polar surface area (TPSA) is 102 Å². The van der Waals surface area contributed by atoms with Gasteiger partial charge in [0.25, 0.3) is 0 Å². The molecule has 2 amide bonds. The zero-order valence-electron chi connectivity index (χ0n) is 23.3. The van der Waals surface area contributed by atoms with Crippen molar-refractivity contribution in [3.63, 3.8) is 0 Å². The third kappa shape index (κ3) is 4.16. The number of hydrogen-bond acceptors (Lipinski definition) is 6. The minimum Gasteiger partial charge on any atom is -0.376 e. The second kappa shape index (κ2) is 9.78. The number of imidazole rings is 1. The van der Waals surface area contributed by atoms with E-state index in [1.54, 1.807) is 6.20 Å². The Morgan fingerprint density at radius 1 is 1.12 bits per heavy atom. The van der Waals surface area contributed by atoms with E-state index in [0.29, 0.717) is 36.8 Å². The number of carbonyl (C=O) groups excluding carboxylic acids is 2. The van der Waals surface area contributed by atoms with Gasteiger partial charge in [0.15, 0.2) is 5.78 Å². The molecule has 3 aromatic heterocycles. The van der Waals surface area contributed by atoms with Crippen molar-refractivity contribution in [3.8, 4) is 6.07 Å². The van der Waals surface area contributed by atoms with Gasteiger partial charge in [-0.05, 0) is 56.8 Å². The Hall–Kier alpha value is -4.62. The Balaban J connectivity index is 1.28. The van der Waals surface area contributed by atoms with Crippen LogP contribution in [0.3, 0.4) is 0 Å². The lowest BCUT2D eigenvalue weighted by Crippen LogP contribution is -2.49. The number of nitrogens with one attached hydrogen (secondary N) is 1. The van der Waals surface area contributed by atoms with Gasteiger partial charge < -0.3 is 24.6 Å². The van der Waals surface area contributed by atoms with Gasteiger partial charge in [-0.25, -0.2) is 9.78 Å². The third-order valence-corrected chi connectivity index (χ3v) is 8.79.